The molecule has 3 amide bonds. The number of ether oxygens (including phenoxy) is 5. The van der Waals surface area contributed by atoms with E-state index in [1.807, 2.05) is 87.2 Å². The van der Waals surface area contributed by atoms with Crippen LogP contribution < -0.4 is 35.9 Å². The number of hydrogen-bond acceptors (Lipinski definition) is 13. The maximum Gasteiger partial charge on any atom is 0.253 e. The minimum absolute atomic E-state index is 0.0117. The third-order valence-electron chi connectivity index (χ3n) is 16.4. The smallest absolute Gasteiger partial charge is 0.253 e. The van der Waals surface area contributed by atoms with Crippen LogP contribution in [-0.2, 0) is 30.3 Å². The molecule has 3 fully saturated rings. The van der Waals surface area contributed by atoms with Crippen molar-refractivity contribution < 1.29 is 38.1 Å². The molecule has 1 saturated carbocycles. The zero-order valence-corrected chi connectivity index (χ0v) is 48.9. The molecule has 3 aliphatic rings. The third-order valence-corrected chi connectivity index (χ3v) is 17.3. The summed E-state index contributed by atoms with van der Waals surface area (Å²) >= 11 is 1.59. The van der Waals surface area contributed by atoms with Gasteiger partial charge >= 0.3 is 0 Å². The molecule has 6 aromatic rings. The second-order valence-corrected chi connectivity index (χ2v) is 22.6. The van der Waals surface area contributed by atoms with Gasteiger partial charge in [0.25, 0.3) is 11.5 Å². The summed E-state index contributed by atoms with van der Waals surface area (Å²) in [6.45, 7) is 15.0. The quantitative estimate of drug-likeness (QED) is 0.0399. The summed E-state index contributed by atoms with van der Waals surface area (Å²) in [7, 11) is 1.76. The number of likely N-dealkylation sites (tertiary alicyclic amines) is 1. The highest BCUT2D eigenvalue weighted by molar-refractivity contribution is 7.10. The van der Waals surface area contributed by atoms with Gasteiger partial charge in [-0.05, 0) is 156 Å². The number of thiazole rings is 1. The van der Waals surface area contributed by atoms with Crippen molar-refractivity contribution in [2.45, 2.75) is 123 Å². The summed E-state index contributed by atoms with van der Waals surface area (Å²) in [5.74, 6) is 1.24. The molecule has 4 aromatic carbocycles. The second-order valence-electron chi connectivity index (χ2n) is 21.7. The summed E-state index contributed by atoms with van der Waals surface area (Å²) in [5, 5.41) is 14.2. The minimum Gasteiger partial charge on any atom is -0.491 e. The molecule has 0 radical (unpaired) electrons. The molecule has 432 valence electrons. The molecule has 16 nitrogen and oxygen atoms in total. The fraction of sp³-hybridized carbons (Fsp3) is 0.484. The summed E-state index contributed by atoms with van der Waals surface area (Å²) < 4.78 is 29.8. The fourth-order valence-corrected chi connectivity index (χ4v) is 12.8. The average molecular weight is 1120 g/mol. The van der Waals surface area contributed by atoms with Crippen LogP contribution in [0, 0.1) is 26.7 Å². The monoisotopic (exact) mass is 1120 g/mol. The predicted molar refractivity (Wildman–Crippen MR) is 320 cm³/mol. The fourth-order valence-electron chi connectivity index (χ4n) is 11.8. The van der Waals surface area contributed by atoms with E-state index in [2.05, 4.69) is 62.4 Å². The van der Waals surface area contributed by atoms with Crippen molar-refractivity contribution in [2.75, 3.05) is 77.9 Å². The molecule has 1 aliphatic carbocycles. The van der Waals surface area contributed by atoms with Crippen molar-refractivity contribution in [3.63, 3.8) is 0 Å². The molecule has 4 N–H and O–H groups in total. The Balaban J connectivity index is 0.741. The van der Waals surface area contributed by atoms with Crippen LogP contribution in [0.4, 0.5) is 5.69 Å². The standard InChI is InChI=1S/C64H81N7O9S/c1-7-70(48-25-28-76-29-26-48)57-38-47(37-53(43(57)4)61(73)66-39-54-41(2)36-42(3)67-62(54)74)45-19-21-49(22-20-45)79-34-32-77-30-31-78-33-35-80-58-24-23-51(50-16-11-12-17-52(50)58)55-40-81-63(68-55)56-18-13-27-71(56)64(75)59(46-14-9-8-10-15-46)69-60(72)44(5)65-6/h11-12,16-17,19-24,36-38,40,44,46,48,56,59,65H,7-10,13-15,18,25-35,39H2,1-6H3,(H,66,73)(H,67,74)(H,69,72)/t44-,56-,59?/m0/s1. The van der Waals surface area contributed by atoms with Crippen LogP contribution in [0.2, 0.25) is 0 Å². The minimum atomic E-state index is -0.535. The summed E-state index contributed by atoms with van der Waals surface area (Å²) in [6.07, 6.45) is 8.78. The van der Waals surface area contributed by atoms with E-state index in [-0.39, 0.29) is 47.8 Å². The number of amides is 3. The highest BCUT2D eigenvalue weighted by atomic mass is 32.1. The lowest BCUT2D eigenvalue weighted by atomic mass is 9.83. The Morgan fingerprint density at radius 2 is 1.54 bits per heavy atom. The number of pyridine rings is 1. The number of likely N-dealkylation sites (N-methyl/N-ethyl adjacent to an activating group) is 1. The Morgan fingerprint density at radius 3 is 2.26 bits per heavy atom. The number of nitrogens with zero attached hydrogens (tertiary/aromatic N) is 3. The number of anilines is 1. The SMILES string of the molecule is CCN(c1cc(-c2ccc(OCCOCCOCCOc3ccc(-c4csc([C@@H]5CCCN5C(=O)C(NC(=O)[C@H](C)NC)C5CCCCC5)n4)c4ccccc34)cc2)cc(C(=O)NCc2c(C)cc(C)[nH]c2=O)c1C)C1CCOCC1. The van der Waals surface area contributed by atoms with Gasteiger partial charge in [0.1, 0.15) is 35.8 Å². The lowest BCUT2D eigenvalue weighted by Gasteiger charge is -2.37. The molecule has 3 atom stereocenters. The summed E-state index contributed by atoms with van der Waals surface area (Å²) in [5.41, 5.74) is 8.17. The van der Waals surface area contributed by atoms with Crippen LogP contribution >= 0.6 is 11.3 Å². The number of H-pyrrole nitrogens is 1. The lowest BCUT2D eigenvalue weighted by Crippen LogP contribution is -2.55. The van der Waals surface area contributed by atoms with Crippen LogP contribution in [0.15, 0.2) is 89.0 Å². The largest absolute Gasteiger partial charge is 0.491 e. The molecule has 0 spiro atoms. The Bertz CT molecular complexity index is 3150. The topological polar surface area (TPSA) is 186 Å². The van der Waals surface area contributed by atoms with Gasteiger partial charge in [-0.15, -0.1) is 11.3 Å². The molecule has 1 unspecified atom stereocenters. The predicted octanol–water partition coefficient (Wildman–Crippen LogP) is 10.0. The number of hydrogen-bond donors (Lipinski definition) is 4. The number of carbonyl (C=O) groups excluding carboxylic acids is 3. The van der Waals surface area contributed by atoms with Gasteiger partial charge in [0.15, 0.2) is 0 Å². The van der Waals surface area contributed by atoms with E-state index in [1.54, 1.807) is 18.4 Å². The first kappa shape index (κ1) is 59.0. The van der Waals surface area contributed by atoms with E-state index in [4.69, 9.17) is 28.7 Å². The van der Waals surface area contributed by atoms with Gasteiger partial charge in [0, 0.05) is 77.7 Å². The number of rotatable bonds is 25. The molecule has 0 bridgehead atoms. The van der Waals surface area contributed by atoms with Crippen molar-refractivity contribution in [1.29, 1.82) is 0 Å². The van der Waals surface area contributed by atoms with Crippen LogP contribution in [-0.4, -0.2) is 124 Å². The molecule has 9 rings (SSSR count). The number of aromatic amines is 1. The maximum absolute atomic E-state index is 14.4. The Hall–Kier alpha value is -6.63. The molecule has 2 aliphatic heterocycles. The maximum atomic E-state index is 14.4. The van der Waals surface area contributed by atoms with E-state index in [0.717, 1.165) is 124 Å². The summed E-state index contributed by atoms with van der Waals surface area (Å²) in [6, 6.07) is 25.4. The van der Waals surface area contributed by atoms with Crippen molar-refractivity contribution in [1.82, 2.24) is 30.8 Å². The molecule has 4 heterocycles. The second kappa shape index (κ2) is 28.4. The van der Waals surface area contributed by atoms with Crippen LogP contribution in [0.1, 0.15) is 115 Å². The zero-order valence-electron chi connectivity index (χ0n) is 48.0. The van der Waals surface area contributed by atoms with E-state index < -0.39 is 6.04 Å². The van der Waals surface area contributed by atoms with Crippen molar-refractivity contribution in [3.8, 4) is 33.9 Å². The van der Waals surface area contributed by atoms with E-state index in [1.165, 1.54) is 6.42 Å². The lowest BCUT2D eigenvalue weighted by molar-refractivity contribution is -0.139. The van der Waals surface area contributed by atoms with Gasteiger partial charge in [-0.1, -0.05) is 55.7 Å². The van der Waals surface area contributed by atoms with Crippen molar-refractivity contribution in [2.24, 2.45) is 5.92 Å². The Kier molecular flexibility index (Phi) is 20.7. The van der Waals surface area contributed by atoms with Crippen molar-refractivity contribution >= 4 is 45.5 Å². The number of fused-ring (bicyclic) bond motifs is 1. The van der Waals surface area contributed by atoms with Gasteiger partial charge in [-0.3, -0.25) is 19.2 Å². The molecule has 2 aromatic heterocycles. The Morgan fingerprint density at radius 1 is 0.827 bits per heavy atom. The van der Waals surface area contributed by atoms with Gasteiger partial charge in [0.2, 0.25) is 11.8 Å². The normalized spacial score (nSPS) is 16.8. The van der Waals surface area contributed by atoms with Gasteiger partial charge in [-0.2, -0.15) is 0 Å². The number of nitrogens with one attached hydrogen (secondary N) is 4. The number of benzene rings is 4. The van der Waals surface area contributed by atoms with E-state index in [9.17, 15) is 19.2 Å². The highest BCUT2D eigenvalue weighted by Gasteiger charge is 2.40. The van der Waals surface area contributed by atoms with Gasteiger partial charge in [0.05, 0.1) is 44.2 Å². The van der Waals surface area contributed by atoms with Crippen LogP contribution in [0.25, 0.3) is 33.2 Å². The number of aryl methyl sites for hydroxylation is 2. The van der Waals surface area contributed by atoms with Crippen LogP contribution in [0.3, 0.4) is 0 Å². The van der Waals surface area contributed by atoms with Crippen LogP contribution in [0.5, 0.6) is 11.5 Å². The number of aromatic nitrogens is 2. The Labute approximate surface area is 480 Å². The zero-order chi connectivity index (χ0) is 56.8. The third kappa shape index (κ3) is 14.5. The first-order valence-corrected chi connectivity index (χ1v) is 30.0. The average Bonchev–Trinajstić information content (AvgIpc) is 4.23. The van der Waals surface area contributed by atoms with E-state index in [0.29, 0.717) is 82.3 Å². The highest BCUT2D eigenvalue weighted by Crippen LogP contribution is 2.41. The molecule has 17 heteroatoms. The van der Waals surface area contributed by atoms with Gasteiger partial charge < -0.3 is 54.4 Å². The summed E-state index contributed by atoms with van der Waals surface area (Å²) in [4.78, 5) is 66.7. The van der Waals surface area contributed by atoms with Crippen molar-refractivity contribution in [3.05, 3.63) is 128 Å². The van der Waals surface area contributed by atoms with E-state index >= 15 is 0 Å². The number of carbonyl (C=O) groups is 3. The first-order chi connectivity index (χ1) is 39.4. The molecule has 2 saturated heterocycles. The molecule has 81 heavy (non-hydrogen) atoms. The van der Waals surface area contributed by atoms with Gasteiger partial charge in [-0.25, -0.2) is 4.98 Å². The first-order valence-electron chi connectivity index (χ1n) is 29.2. The molecular formula is C64H81N7O9S. The molecular weight excluding hydrogens is 1040 g/mol.